The minimum absolute atomic E-state index is 0.0705. The number of fused-ring (bicyclic) bond motifs is 1. The van der Waals surface area contributed by atoms with Gasteiger partial charge in [0, 0.05) is 28.2 Å². The number of hydrogen-bond donors (Lipinski definition) is 1. The molecule has 1 atom stereocenters. The highest BCUT2D eigenvalue weighted by Gasteiger charge is 2.24. The van der Waals surface area contributed by atoms with Crippen molar-refractivity contribution in [1.29, 1.82) is 0 Å². The van der Waals surface area contributed by atoms with Crippen molar-refractivity contribution in [3.8, 4) is 0 Å². The first-order valence-corrected chi connectivity index (χ1v) is 9.54. The highest BCUT2D eigenvalue weighted by atomic mass is 32.2. The zero-order valence-electron chi connectivity index (χ0n) is 15.3. The maximum absolute atomic E-state index is 12.8. The number of para-hydroxylation sites is 2. The van der Waals surface area contributed by atoms with Gasteiger partial charge in [0.2, 0.25) is 5.78 Å². The molecule has 3 rings (SSSR count). The molecule has 1 N–H and O–H groups in total. The molecule has 0 aliphatic heterocycles. The maximum Gasteiger partial charge on any atom is 0.316 e. The first kappa shape index (κ1) is 19.6. The van der Waals surface area contributed by atoms with Crippen molar-refractivity contribution in [2.75, 3.05) is 5.75 Å². The molecule has 0 saturated heterocycles. The predicted molar refractivity (Wildman–Crippen MR) is 107 cm³/mol. The minimum atomic E-state index is -0.961. The standard InChI is InChI=1S/C20H18N2O5S/c1-12-19(14-7-3-4-8-15(14)21-12)20(24)13(2)27-18(23)11-28-17-10-6-5-9-16(17)22(25)26/h3-10,13,21H,11H2,1-2H3/t13-/m1/s1. The summed E-state index contributed by atoms with van der Waals surface area (Å²) in [4.78, 5) is 39.0. The van der Waals surface area contributed by atoms with Gasteiger partial charge in [-0.05, 0) is 26.0 Å². The van der Waals surface area contributed by atoms with Crippen LogP contribution in [-0.4, -0.2) is 33.5 Å². The number of nitrogens with zero attached hydrogens (tertiary/aromatic N) is 1. The number of rotatable bonds is 7. The molecule has 1 aromatic heterocycles. The average Bonchev–Trinajstić information content (AvgIpc) is 3.01. The fourth-order valence-electron chi connectivity index (χ4n) is 2.95. The number of carbonyl (C=O) groups is 2. The topological polar surface area (TPSA) is 102 Å². The van der Waals surface area contributed by atoms with Gasteiger partial charge in [0.15, 0.2) is 6.10 Å². The van der Waals surface area contributed by atoms with Crippen LogP contribution in [-0.2, 0) is 9.53 Å². The average molecular weight is 398 g/mol. The summed E-state index contributed by atoms with van der Waals surface area (Å²) in [5.41, 5.74) is 1.98. The molecule has 0 aliphatic carbocycles. The van der Waals surface area contributed by atoms with Crippen molar-refractivity contribution in [2.45, 2.75) is 24.8 Å². The van der Waals surface area contributed by atoms with Crippen molar-refractivity contribution >= 4 is 40.1 Å². The van der Waals surface area contributed by atoms with Crippen LogP contribution >= 0.6 is 11.8 Å². The number of hydrogen-bond acceptors (Lipinski definition) is 6. The molecule has 0 fully saturated rings. The predicted octanol–water partition coefficient (Wildman–Crippen LogP) is 4.29. The summed E-state index contributed by atoms with van der Waals surface area (Å²) in [6, 6.07) is 13.6. The van der Waals surface area contributed by atoms with Crippen LogP contribution in [0.4, 0.5) is 5.69 Å². The van der Waals surface area contributed by atoms with Gasteiger partial charge in [0.25, 0.3) is 5.69 Å². The third-order valence-electron chi connectivity index (χ3n) is 4.22. The lowest BCUT2D eigenvalue weighted by atomic mass is 10.0. The van der Waals surface area contributed by atoms with Gasteiger partial charge in [0.05, 0.1) is 15.6 Å². The second-order valence-electron chi connectivity index (χ2n) is 6.18. The smallest absolute Gasteiger partial charge is 0.316 e. The number of H-pyrrole nitrogens is 1. The van der Waals surface area contributed by atoms with E-state index in [1.54, 1.807) is 25.1 Å². The summed E-state index contributed by atoms with van der Waals surface area (Å²) < 4.78 is 5.27. The fourth-order valence-corrected chi connectivity index (χ4v) is 3.76. The normalized spacial score (nSPS) is 11.9. The number of esters is 1. The van der Waals surface area contributed by atoms with Crippen LogP contribution in [0.2, 0.25) is 0 Å². The van der Waals surface area contributed by atoms with Crippen molar-refractivity contribution in [1.82, 2.24) is 4.98 Å². The molecule has 0 aliphatic rings. The number of aromatic amines is 1. The molecule has 2 aromatic carbocycles. The van der Waals surface area contributed by atoms with Crippen molar-refractivity contribution < 1.29 is 19.2 Å². The first-order chi connectivity index (χ1) is 13.4. The highest BCUT2D eigenvalue weighted by molar-refractivity contribution is 8.00. The van der Waals surface area contributed by atoms with Crippen molar-refractivity contribution in [3.05, 3.63) is 69.9 Å². The first-order valence-electron chi connectivity index (χ1n) is 8.55. The van der Waals surface area contributed by atoms with Gasteiger partial charge in [0.1, 0.15) is 0 Å². The largest absolute Gasteiger partial charge is 0.454 e. The molecule has 3 aromatic rings. The number of Topliss-reactive ketones (excluding diaryl/α,β-unsaturated/α-hetero) is 1. The lowest BCUT2D eigenvalue weighted by Crippen LogP contribution is -2.25. The SMILES string of the molecule is Cc1[nH]c2ccccc2c1C(=O)[C@@H](C)OC(=O)CSc1ccccc1[N+](=O)[O-]. The quantitative estimate of drug-likeness (QED) is 0.209. The Balaban J connectivity index is 1.67. The van der Waals surface area contributed by atoms with Crippen LogP contribution in [0.5, 0.6) is 0 Å². The molecular weight excluding hydrogens is 380 g/mol. The summed E-state index contributed by atoms with van der Waals surface area (Å²) >= 11 is 1.01. The molecule has 8 heteroatoms. The third-order valence-corrected chi connectivity index (χ3v) is 5.26. The third kappa shape index (κ3) is 4.07. The number of nitro groups is 1. The molecule has 0 spiro atoms. The van der Waals surface area contributed by atoms with E-state index in [0.29, 0.717) is 16.2 Å². The molecular formula is C20H18N2O5S. The monoisotopic (exact) mass is 398 g/mol. The Bertz CT molecular complexity index is 1060. The van der Waals surface area contributed by atoms with Crippen LogP contribution in [0.15, 0.2) is 53.4 Å². The summed E-state index contributed by atoms with van der Waals surface area (Å²) in [7, 11) is 0. The second kappa shape index (κ2) is 8.26. The number of aryl methyl sites for hydroxylation is 1. The van der Waals surface area contributed by atoms with E-state index in [1.807, 2.05) is 24.3 Å². The number of ether oxygens (including phenoxy) is 1. The van der Waals surface area contributed by atoms with E-state index in [2.05, 4.69) is 4.98 Å². The minimum Gasteiger partial charge on any atom is -0.454 e. The number of ketones is 1. The van der Waals surface area contributed by atoms with Gasteiger partial charge < -0.3 is 9.72 Å². The van der Waals surface area contributed by atoms with E-state index < -0.39 is 17.0 Å². The van der Waals surface area contributed by atoms with Crippen LogP contribution < -0.4 is 0 Å². The molecule has 1 heterocycles. The number of carbonyl (C=O) groups excluding carboxylic acids is 2. The Morgan fingerprint density at radius 1 is 1.18 bits per heavy atom. The number of nitro benzene ring substituents is 1. The second-order valence-corrected chi connectivity index (χ2v) is 7.20. The molecule has 0 amide bonds. The van der Waals surface area contributed by atoms with Crippen LogP contribution in [0.3, 0.4) is 0 Å². The van der Waals surface area contributed by atoms with Crippen LogP contribution in [0, 0.1) is 17.0 Å². The zero-order valence-corrected chi connectivity index (χ0v) is 16.1. The van der Waals surface area contributed by atoms with Crippen molar-refractivity contribution in [2.24, 2.45) is 0 Å². The van der Waals surface area contributed by atoms with Gasteiger partial charge in [-0.15, -0.1) is 11.8 Å². The van der Waals surface area contributed by atoms with E-state index in [0.717, 1.165) is 22.7 Å². The molecule has 0 unspecified atom stereocenters. The number of nitrogens with one attached hydrogen (secondary N) is 1. The molecule has 144 valence electrons. The summed E-state index contributed by atoms with van der Waals surface area (Å²) in [5.74, 6) is -1.03. The van der Waals surface area contributed by atoms with E-state index >= 15 is 0 Å². The Morgan fingerprint density at radius 2 is 1.86 bits per heavy atom. The summed E-state index contributed by atoms with van der Waals surface area (Å²) in [6.45, 7) is 3.32. The lowest BCUT2D eigenvalue weighted by Gasteiger charge is -2.12. The van der Waals surface area contributed by atoms with Gasteiger partial charge >= 0.3 is 5.97 Å². The summed E-state index contributed by atoms with van der Waals surface area (Å²) in [6.07, 6.45) is -0.961. The number of thioether (sulfide) groups is 1. The number of aromatic nitrogens is 1. The van der Waals surface area contributed by atoms with Crippen LogP contribution in [0.1, 0.15) is 23.0 Å². The number of benzene rings is 2. The molecule has 28 heavy (non-hydrogen) atoms. The van der Waals surface area contributed by atoms with Gasteiger partial charge in [-0.25, -0.2) is 0 Å². The lowest BCUT2D eigenvalue weighted by molar-refractivity contribution is -0.387. The Morgan fingerprint density at radius 3 is 2.61 bits per heavy atom. The Labute approximate surface area is 165 Å². The van der Waals surface area contributed by atoms with E-state index in [9.17, 15) is 19.7 Å². The summed E-state index contributed by atoms with van der Waals surface area (Å²) in [5, 5.41) is 11.8. The Hall–Kier alpha value is -3.13. The van der Waals surface area contributed by atoms with Crippen LogP contribution in [0.25, 0.3) is 10.9 Å². The molecule has 7 nitrogen and oxygen atoms in total. The van der Waals surface area contributed by atoms with Gasteiger partial charge in [-0.2, -0.15) is 0 Å². The van der Waals surface area contributed by atoms with E-state index in [-0.39, 0.29) is 17.2 Å². The zero-order chi connectivity index (χ0) is 20.3. The maximum atomic E-state index is 12.8. The van der Waals surface area contributed by atoms with Gasteiger partial charge in [-0.1, -0.05) is 30.3 Å². The van der Waals surface area contributed by atoms with Gasteiger partial charge in [-0.3, -0.25) is 19.7 Å². The Kier molecular flexibility index (Phi) is 5.79. The van der Waals surface area contributed by atoms with E-state index in [1.165, 1.54) is 13.0 Å². The highest BCUT2D eigenvalue weighted by Crippen LogP contribution is 2.29. The van der Waals surface area contributed by atoms with Crippen molar-refractivity contribution in [3.63, 3.8) is 0 Å². The molecule has 0 radical (unpaired) electrons. The molecule has 0 saturated carbocycles. The molecule has 0 bridgehead atoms. The van der Waals surface area contributed by atoms with E-state index in [4.69, 9.17) is 4.74 Å². The fraction of sp³-hybridized carbons (Fsp3) is 0.200.